The van der Waals surface area contributed by atoms with Crippen LogP contribution >= 0.6 is 0 Å². The van der Waals surface area contributed by atoms with Gasteiger partial charge in [-0.05, 0) is 76.7 Å². The first kappa shape index (κ1) is 52.1. The first-order valence-corrected chi connectivity index (χ1v) is 17.6. The Labute approximate surface area is 310 Å². The number of allylic oxidation sites excluding steroid dienone is 2. The Hall–Kier alpha value is -4.30. The summed E-state index contributed by atoms with van der Waals surface area (Å²) in [5, 5.41) is 33.8. The molecule has 0 spiro atoms. The lowest BCUT2D eigenvalue weighted by molar-refractivity contribution is -0.142. The fourth-order valence-electron chi connectivity index (χ4n) is 3.67. The van der Waals surface area contributed by atoms with Gasteiger partial charge in [0.05, 0.1) is 0 Å². The van der Waals surface area contributed by atoms with E-state index in [0.29, 0.717) is 6.42 Å². The lowest BCUT2D eigenvalue weighted by Gasteiger charge is -2.29. The molecule has 1 rings (SSSR count). The van der Waals surface area contributed by atoms with Gasteiger partial charge >= 0.3 is 36.2 Å². The van der Waals surface area contributed by atoms with Gasteiger partial charge in [0.15, 0.2) is 0 Å². The molecule has 3 amide bonds. The number of amides is 3. The molecule has 0 aromatic heterocycles. The van der Waals surface area contributed by atoms with Gasteiger partial charge in [-0.15, -0.1) is 0 Å². The van der Waals surface area contributed by atoms with E-state index in [1.54, 1.807) is 83.1 Å². The summed E-state index contributed by atoms with van der Waals surface area (Å²) in [6, 6.07) is -2.81. The Morgan fingerprint density at radius 3 is 1.46 bits per heavy atom. The molecule has 0 heterocycles. The predicted octanol–water partition coefficient (Wildman–Crippen LogP) is 7.15. The van der Waals surface area contributed by atoms with E-state index in [0.717, 1.165) is 18.4 Å². The number of alkyl carbamates (subject to hydrolysis) is 3. The average Bonchev–Trinajstić information content (AvgIpc) is 3.00. The molecule has 0 saturated heterocycles. The number of rotatable bonds is 12. The quantitative estimate of drug-likeness (QED) is 0.110. The van der Waals surface area contributed by atoms with Crippen LogP contribution < -0.4 is 16.0 Å². The van der Waals surface area contributed by atoms with E-state index in [1.165, 1.54) is 0 Å². The highest BCUT2D eigenvalue weighted by Gasteiger charge is 2.34. The van der Waals surface area contributed by atoms with Gasteiger partial charge in [0.1, 0.15) is 35.9 Å². The lowest BCUT2D eigenvalue weighted by atomic mass is 9.87. The first-order chi connectivity index (χ1) is 23.6. The topological polar surface area (TPSA) is 227 Å². The molecule has 3 unspecified atom stereocenters. The molecule has 302 valence electrons. The zero-order chi connectivity index (χ0) is 41.6. The van der Waals surface area contributed by atoms with Crippen molar-refractivity contribution in [3.8, 4) is 0 Å². The molecule has 15 heteroatoms. The molecular weight excluding hydrogens is 678 g/mol. The van der Waals surface area contributed by atoms with Crippen LogP contribution in [0.15, 0.2) is 23.8 Å². The molecule has 0 radical (unpaired) electrons. The Morgan fingerprint density at radius 2 is 1.13 bits per heavy atom. The summed E-state index contributed by atoms with van der Waals surface area (Å²) in [5.41, 5.74) is -0.842. The van der Waals surface area contributed by atoms with Gasteiger partial charge in [-0.1, -0.05) is 87.5 Å². The maximum Gasteiger partial charge on any atom is 0.408 e. The van der Waals surface area contributed by atoms with Gasteiger partial charge in [-0.25, -0.2) is 28.8 Å². The van der Waals surface area contributed by atoms with E-state index in [4.69, 9.17) is 29.5 Å². The number of carbonyl (C=O) groups is 6. The van der Waals surface area contributed by atoms with E-state index < -0.39 is 70.9 Å². The molecular formula is C37H67N3O12. The third-order valence-electron chi connectivity index (χ3n) is 6.85. The summed E-state index contributed by atoms with van der Waals surface area (Å²) in [6.07, 6.45) is 6.45. The van der Waals surface area contributed by atoms with Gasteiger partial charge in [0.2, 0.25) is 0 Å². The summed E-state index contributed by atoms with van der Waals surface area (Å²) in [6.45, 7) is 26.9. The van der Waals surface area contributed by atoms with E-state index in [9.17, 15) is 28.8 Å². The molecule has 0 saturated carbocycles. The highest BCUT2D eigenvalue weighted by Crippen LogP contribution is 2.20. The minimum Gasteiger partial charge on any atom is -0.480 e. The number of hydrogen-bond donors (Lipinski definition) is 6. The number of carbonyl (C=O) groups excluding carboxylic acids is 3. The van der Waals surface area contributed by atoms with Crippen LogP contribution in [-0.2, 0) is 28.6 Å². The highest BCUT2D eigenvalue weighted by molar-refractivity contribution is 5.81. The van der Waals surface area contributed by atoms with Gasteiger partial charge in [-0.2, -0.15) is 0 Å². The molecule has 0 aliphatic heterocycles. The lowest BCUT2D eigenvalue weighted by Crippen LogP contribution is -2.50. The normalized spacial score (nSPS) is 14.1. The Balaban J connectivity index is -0.000000678. The number of carboxylic acids is 3. The molecule has 0 aromatic carbocycles. The molecule has 0 aromatic rings. The van der Waals surface area contributed by atoms with Crippen molar-refractivity contribution in [3.05, 3.63) is 23.8 Å². The van der Waals surface area contributed by atoms with Gasteiger partial charge < -0.3 is 45.5 Å². The SMILES string of the molecule is CC.CC(C)(C)OC(=O)NC(C(=O)O)C(C)(C)C.CC(C)C(NC(=O)OCC1=CCCC=C1)C(=O)O.CCC(C)(C)OC(=O)NC(C(=O)O)C(C)C. The van der Waals surface area contributed by atoms with Crippen LogP contribution in [0.2, 0.25) is 0 Å². The van der Waals surface area contributed by atoms with Crippen molar-refractivity contribution < 1.29 is 58.3 Å². The molecule has 52 heavy (non-hydrogen) atoms. The summed E-state index contributed by atoms with van der Waals surface area (Å²) >= 11 is 0. The standard InChI is InChI=1S/C13H19NO4.2C11H21NO4.C2H6/c1-9(2)11(12(15)16)14-13(17)18-8-10-6-4-3-5-7-10;1-10(2,3)7(8(13)14)12-9(15)16-11(4,5)6;1-6-11(4,5)16-10(15)12-8(7(2)3)9(13)14;1-2/h4,6-7,9,11H,3,5,8H2,1-2H3,(H,14,17)(H,15,16);7H,1-6H3,(H,12,15)(H,13,14);7-8H,6H2,1-5H3,(H,12,15)(H,13,14);1-2H3. The predicted molar refractivity (Wildman–Crippen MR) is 199 cm³/mol. The minimum atomic E-state index is -1.07. The maximum atomic E-state index is 11.5. The van der Waals surface area contributed by atoms with Crippen LogP contribution in [0.3, 0.4) is 0 Å². The second kappa shape index (κ2) is 24.8. The number of carboxylic acid groups (broad SMARTS) is 3. The van der Waals surface area contributed by atoms with Crippen molar-refractivity contribution in [1.82, 2.24) is 16.0 Å². The fraction of sp³-hybridized carbons (Fsp3) is 0.730. The zero-order valence-electron chi connectivity index (χ0n) is 34.0. The van der Waals surface area contributed by atoms with Crippen LogP contribution in [0.5, 0.6) is 0 Å². The summed E-state index contributed by atoms with van der Waals surface area (Å²) in [5.74, 6) is -3.56. The molecule has 0 bridgehead atoms. The summed E-state index contributed by atoms with van der Waals surface area (Å²) < 4.78 is 15.1. The molecule has 1 aliphatic carbocycles. The van der Waals surface area contributed by atoms with Gasteiger partial charge in [0, 0.05) is 0 Å². The molecule has 1 aliphatic rings. The third kappa shape index (κ3) is 25.6. The minimum absolute atomic E-state index is 0.173. The summed E-state index contributed by atoms with van der Waals surface area (Å²) in [7, 11) is 0. The number of hydrogen-bond acceptors (Lipinski definition) is 9. The molecule has 15 nitrogen and oxygen atoms in total. The molecule has 3 atom stereocenters. The summed E-state index contributed by atoms with van der Waals surface area (Å²) in [4.78, 5) is 67.0. The van der Waals surface area contributed by atoms with Crippen molar-refractivity contribution in [2.75, 3.05) is 6.61 Å². The first-order valence-electron chi connectivity index (χ1n) is 17.6. The van der Waals surface area contributed by atoms with Crippen molar-refractivity contribution in [2.24, 2.45) is 17.3 Å². The van der Waals surface area contributed by atoms with E-state index in [-0.39, 0.29) is 18.4 Å². The van der Waals surface area contributed by atoms with E-state index >= 15 is 0 Å². The van der Waals surface area contributed by atoms with Crippen LogP contribution in [0.25, 0.3) is 0 Å². The number of aliphatic carboxylic acids is 3. The third-order valence-corrected chi connectivity index (χ3v) is 6.85. The second-order valence-electron chi connectivity index (χ2n) is 15.0. The number of nitrogens with one attached hydrogen (secondary N) is 3. The monoisotopic (exact) mass is 745 g/mol. The fourth-order valence-corrected chi connectivity index (χ4v) is 3.67. The van der Waals surface area contributed by atoms with Crippen LogP contribution in [0, 0.1) is 17.3 Å². The Bertz CT molecular complexity index is 1190. The number of ether oxygens (including phenoxy) is 3. The van der Waals surface area contributed by atoms with Gasteiger partial charge in [0.25, 0.3) is 0 Å². The van der Waals surface area contributed by atoms with Crippen molar-refractivity contribution >= 4 is 36.2 Å². The smallest absolute Gasteiger partial charge is 0.408 e. The van der Waals surface area contributed by atoms with Crippen molar-refractivity contribution in [3.63, 3.8) is 0 Å². The highest BCUT2D eigenvalue weighted by atomic mass is 16.6. The van der Waals surface area contributed by atoms with Gasteiger partial charge in [-0.3, -0.25) is 0 Å². The van der Waals surface area contributed by atoms with Crippen molar-refractivity contribution in [2.45, 2.75) is 152 Å². The van der Waals surface area contributed by atoms with E-state index in [2.05, 4.69) is 16.0 Å². The Morgan fingerprint density at radius 1 is 0.692 bits per heavy atom. The maximum absolute atomic E-state index is 11.5. The second-order valence-corrected chi connectivity index (χ2v) is 15.0. The van der Waals surface area contributed by atoms with Crippen LogP contribution in [0.4, 0.5) is 14.4 Å². The van der Waals surface area contributed by atoms with Crippen molar-refractivity contribution in [1.29, 1.82) is 0 Å². The average molecular weight is 746 g/mol. The van der Waals surface area contributed by atoms with Crippen LogP contribution in [0.1, 0.15) is 123 Å². The Kier molecular flexibility index (Phi) is 24.8. The largest absolute Gasteiger partial charge is 0.480 e. The molecule has 0 fully saturated rings. The van der Waals surface area contributed by atoms with E-state index in [1.807, 2.05) is 39.0 Å². The van der Waals surface area contributed by atoms with Crippen LogP contribution in [-0.4, -0.2) is 87.4 Å². The molecule has 6 N–H and O–H groups in total. The zero-order valence-corrected chi connectivity index (χ0v) is 34.0.